The molecule has 0 aliphatic heterocycles. The molecule has 0 unspecified atom stereocenters. The molecule has 0 aliphatic rings. The molecule has 0 fully saturated rings. The van der Waals surface area contributed by atoms with Gasteiger partial charge >= 0.3 is 0 Å². The zero-order valence-corrected chi connectivity index (χ0v) is 12.4. The summed E-state index contributed by atoms with van der Waals surface area (Å²) in [6.45, 7) is 6.18. The van der Waals surface area contributed by atoms with Crippen LogP contribution in [0.2, 0.25) is 0 Å². The number of aryl methyl sites for hydroxylation is 3. The third kappa shape index (κ3) is 2.42. The number of benzene rings is 2. The number of fused-ring (bicyclic) bond motifs is 1. The van der Waals surface area contributed by atoms with Gasteiger partial charge in [0.05, 0.1) is 11.3 Å². The largest absolute Gasteiger partial charge is 0.494 e. The topological polar surface area (TPSA) is 48.4 Å². The normalized spacial score (nSPS) is 11.6. The Morgan fingerprint density at radius 2 is 1.81 bits per heavy atom. The molecule has 3 nitrogen and oxygen atoms in total. The first kappa shape index (κ1) is 13.4. The Morgan fingerprint density at radius 1 is 1.00 bits per heavy atom. The average molecular weight is 278 g/mol. The first-order valence-corrected chi connectivity index (χ1v) is 6.98. The number of aromatic nitrogens is 1. The highest BCUT2D eigenvalue weighted by atomic mass is 16.3. The maximum Gasteiger partial charge on any atom is 0.198 e. The van der Waals surface area contributed by atoms with Crippen molar-refractivity contribution in [1.82, 2.24) is 4.98 Å². The van der Waals surface area contributed by atoms with E-state index in [0.29, 0.717) is 0 Å². The molecule has 1 heterocycles. The molecule has 0 spiro atoms. The molecule has 21 heavy (non-hydrogen) atoms. The van der Waals surface area contributed by atoms with Crippen molar-refractivity contribution in [3.05, 3.63) is 58.7 Å². The molecule has 3 heteroatoms. The van der Waals surface area contributed by atoms with Crippen LogP contribution in [0, 0.1) is 20.8 Å². The second-order valence-electron chi connectivity index (χ2n) is 5.41. The van der Waals surface area contributed by atoms with E-state index in [9.17, 15) is 5.11 Å². The number of aromatic hydroxyl groups is 1. The number of nitrogens with zero attached hydrogens (tertiary/aromatic N) is 1. The molecule has 0 amide bonds. The molecule has 3 rings (SSSR count). The number of hydrogen-bond acceptors (Lipinski definition) is 2. The quantitative estimate of drug-likeness (QED) is 0.664. The average Bonchev–Trinajstić information content (AvgIpc) is 2.77. The number of hydrogen-bond donors (Lipinski definition) is 2. The Bertz CT molecular complexity index is 844. The highest BCUT2D eigenvalue weighted by molar-refractivity contribution is 6.04. The van der Waals surface area contributed by atoms with Crippen LogP contribution in [0.25, 0.3) is 10.9 Å². The predicted molar refractivity (Wildman–Crippen MR) is 87.9 cm³/mol. The van der Waals surface area contributed by atoms with Gasteiger partial charge in [0.15, 0.2) is 5.88 Å². The van der Waals surface area contributed by atoms with E-state index in [-0.39, 0.29) is 5.88 Å². The Hall–Kier alpha value is -2.55. The minimum atomic E-state index is 0.159. The number of nitrogens with one attached hydrogen (secondary N) is 1. The van der Waals surface area contributed by atoms with Gasteiger partial charge in [-0.25, -0.2) is 0 Å². The molecule has 0 aliphatic carbocycles. The monoisotopic (exact) mass is 278 g/mol. The van der Waals surface area contributed by atoms with Crippen LogP contribution in [0.3, 0.4) is 0 Å². The molecular weight excluding hydrogens is 260 g/mol. The van der Waals surface area contributed by atoms with Crippen LogP contribution in [-0.4, -0.2) is 16.3 Å². The third-order valence-electron chi connectivity index (χ3n) is 3.88. The minimum Gasteiger partial charge on any atom is -0.494 e. The molecule has 0 bridgehead atoms. The summed E-state index contributed by atoms with van der Waals surface area (Å²) in [5.41, 5.74) is 6.13. The highest BCUT2D eigenvalue weighted by Gasteiger charge is 2.10. The van der Waals surface area contributed by atoms with Crippen molar-refractivity contribution in [2.45, 2.75) is 20.8 Å². The van der Waals surface area contributed by atoms with E-state index < -0.39 is 0 Å². The Labute approximate surface area is 124 Å². The molecular formula is C18H18N2O. The van der Waals surface area contributed by atoms with Gasteiger partial charge in [0.1, 0.15) is 0 Å². The van der Waals surface area contributed by atoms with Gasteiger partial charge in [-0.2, -0.15) is 0 Å². The molecule has 2 N–H and O–H groups in total. The van der Waals surface area contributed by atoms with Crippen LogP contribution < -0.4 is 0 Å². The molecule has 2 aromatic carbocycles. The first-order valence-electron chi connectivity index (χ1n) is 6.98. The van der Waals surface area contributed by atoms with E-state index in [4.69, 9.17) is 0 Å². The molecule has 3 aromatic rings. The van der Waals surface area contributed by atoms with Crippen molar-refractivity contribution in [3.63, 3.8) is 0 Å². The van der Waals surface area contributed by atoms with Gasteiger partial charge in [0.25, 0.3) is 0 Å². The molecule has 0 atom stereocenters. The fourth-order valence-corrected chi connectivity index (χ4v) is 2.51. The van der Waals surface area contributed by atoms with Gasteiger partial charge in [-0.15, -0.1) is 0 Å². The van der Waals surface area contributed by atoms with Gasteiger partial charge in [-0.3, -0.25) is 4.99 Å². The van der Waals surface area contributed by atoms with E-state index in [1.807, 2.05) is 37.3 Å². The highest BCUT2D eigenvalue weighted by Crippen LogP contribution is 2.29. The standard InChI is InChI=1S/C18H18N2O/c1-11-7-8-14(9-13(11)3)19-10-15-17-12(2)5-4-6-16(17)20-18(15)21/h4-10,20-21H,1-3H3. The second kappa shape index (κ2) is 5.09. The van der Waals surface area contributed by atoms with Gasteiger partial charge in [0, 0.05) is 17.1 Å². The first-order chi connectivity index (χ1) is 10.1. The summed E-state index contributed by atoms with van der Waals surface area (Å²) >= 11 is 0. The van der Waals surface area contributed by atoms with Crippen molar-refractivity contribution in [2.75, 3.05) is 0 Å². The fourth-order valence-electron chi connectivity index (χ4n) is 2.51. The van der Waals surface area contributed by atoms with Crippen molar-refractivity contribution < 1.29 is 5.11 Å². The summed E-state index contributed by atoms with van der Waals surface area (Å²) in [4.78, 5) is 7.49. The molecule has 0 saturated carbocycles. The SMILES string of the molecule is Cc1ccc(N=Cc2c(O)[nH]c3cccc(C)c23)cc1C. The van der Waals surface area contributed by atoms with Gasteiger partial charge in [0.2, 0.25) is 0 Å². The lowest BCUT2D eigenvalue weighted by Crippen LogP contribution is -1.83. The Kier molecular flexibility index (Phi) is 3.26. The molecule has 106 valence electrons. The summed E-state index contributed by atoms with van der Waals surface area (Å²) in [6, 6.07) is 12.0. The van der Waals surface area contributed by atoms with Crippen LogP contribution in [0.15, 0.2) is 41.4 Å². The van der Waals surface area contributed by atoms with E-state index in [1.165, 1.54) is 11.1 Å². The van der Waals surface area contributed by atoms with E-state index in [2.05, 4.69) is 29.9 Å². The third-order valence-corrected chi connectivity index (χ3v) is 3.88. The molecule has 0 saturated heterocycles. The van der Waals surface area contributed by atoms with Gasteiger partial charge in [-0.05, 0) is 55.7 Å². The van der Waals surface area contributed by atoms with Crippen LogP contribution >= 0.6 is 0 Å². The Balaban J connectivity index is 2.07. The summed E-state index contributed by atoms with van der Waals surface area (Å²) < 4.78 is 0. The predicted octanol–water partition coefficient (Wildman–Crippen LogP) is 4.55. The van der Waals surface area contributed by atoms with Gasteiger partial charge in [-0.1, -0.05) is 18.2 Å². The summed E-state index contributed by atoms with van der Waals surface area (Å²) in [5.74, 6) is 0.159. The number of aliphatic imine (C=N–C) groups is 1. The maximum atomic E-state index is 10.1. The van der Waals surface area contributed by atoms with E-state index in [0.717, 1.165) is 27.7 Å². The van der Waals surface area contributed by atoms with Crippen LogP contribution in [0.5, 0.6) is 5.88 Å². The minimum absolute atomic E-state index is 0.159. The lowest BCUT2D eigenvalue weighted by molar-refractivity contribution is 0.457. The van der Waals surface area contributed by atoms with E-state index in [1.54, 1.807) is 6.21 Å². The maximum absolute atomic E-state index is 10.1. The number of aromatic amines is 1. The van der Waals surface area contributed by atoms with Crippen molar-refractivity contribution in [2.24, 2.45) is 4.99 Å². The van der Waals surface area contributed by atoms with Crippen molar-refractivity contribution >= 4 is 22.8 Å². The van der Waals surface area contributed by atoms with Crippen LogP contribution in [0.4, 0.5) is 5.69 Å². The zero-order valence-electron chi connectivity index (χ0n) is 12.4. The number of H-pyrrole nitrogens is 1. The molecule has 0 radical (unpaired) electrons. The lowest BCUT2D eigenvalue weighted by Gasteiger charge is -2.01. The zero-order chi connectivity index (χ0) is 15.0. The molecule has 1 aromatic heterocycles. The van der Waals surface area contributed by atoms with Crippen molar-refractivity contribution in [3.8, 4) is 5.88 Å². The second-order valence-corrected chi connectivity index (χ2v) is 5.41. The lowest BCUT2D eigenvalue weighted by atomic mass is 10.1. The fraction of sp³-hybridized carbons (Fsp3) is 0.167. The summed E-state index contributed by atoms with van der Waals surface area (Å²) in [5, 5.41) is 11.1. The number of rotatable bonds is 2. The Morgan fingerprint density at radius 3 is 2.57 bits per heavy atom. The summed E-state index contributed by atoms with van der Waals surface area (Å²) in [7, 11) is 0. The van der Waals surface area contributed by atoms with Crippen LogP contribution in [-0.2, 0) is 0 Å². The summed E-state index contributed by atoms with van der Waals surface area (Å²) in [6.07, 6.45) is 1.73. The van der Waals surface area contributed by atoms with E-state index >= 15 is 0 Å². The smallest absolute Gasteiger partial charge is 0.198 e. The van der Waals surface area contributed by atoms with Crippen LogP contribution in [0.1, 0.15) is 22.3 Å². The van der Waals surface area contributed by atoms with Crippen molar-refractivity contribution in [1.29, 1.82) is 0 Å². The van der Waals surface area contributed by atoms with Gasteiger partial charge < -0.3 is 10.1 Å².